The maximum Gasteiger partial charge on any atom is 0.295 e. The lowest BCUT2D eigenvalue weighted by Crippen LogP contribution is -2.26. The first-order valence-corrected chi connectivity index (χ1v) is 6.01. The second-order valence-corrected chi connectivity index (χ2v) is 4.78. The molecule has 5 nitrogen and oxygen atoms in total. The summed E-state index contributed by atoms with van der Waals surface area (Å²) in [4.78, 5) is 18.2. The number of H-pyrrole nitrogens is 1. The van der Waals surface area contributed by atoms with Gasteiger partial charge < -0.3 is 15.0 Å². The number of aromatic nitrogens is 2. The molecule has 0 aromatic carbocycles. The van der Waals surface area contributed by atoms with E-state index in [1.165, 1.54) is 19.9 Å². The molecule has 5 heteroatoms. The number of aromatic amines is 1. The smallest absolute Gasteiger partial charge is 0.295 e. The third-order valence-corrected chi connectivity index (χ3v) is 3.80. The number of rotatable bonds is 3. The summed E-state index contributed by atoms with van der Waals surface area (Å²) >= 11 is 0. The van der Waals surface area contributed by atoms with Crippen LogP contribution in [0, 0.1) is 11.8 Å². The highest BCUT2D eigenvalue weighted by atomic mass is 16.5. The first-order chi connectivity index (χ1) is 8.13. The Bertz CT molecular complexity index is 444. The van der Waals surface area contributed by atoms with Crippen LogP contribution >= 0.6 is 0 Å². The average Bonchev–Trinajstić information content (AvgIpc) is 2.61. The molecular weight excluding hydrogens is 218 g/mol. The number of methoxy groups -OCH3 is 1. The molecule has 3 unspecified atom stereocenters. The number of hydrogen-bond donors (Lipinski definition) is 2. The highest BCUT2D eigenvalue weighted by Crippen LogP contribution is 2.33. The predicted octanol–water partition coefficient (Wildman–Crippen LogP) is 1.62. The van der Waals surface area contributed by atoms with E-state index >= 15 is 0 Å². The molecule has 94 valence electrons. The third kappa shape index (κ3) is 2.28. The van der Waals surface area contributed by atoms with Crippen molar-refractivity contribution in [3.63, 3.8) is 0 Å². The number of nitrogens with one attached hydrogen (secondary N) is 2. The molecule has 0 radical (unpaired) electrons. The molecule has 0 spiro atoms. The zero-order valence-electron chi connectivity index (χ0n) is 10.5. The van der Waals surface area contributed by atoms with E-state index in [-0.39, 0.29) is 11.3 Å². The molecule has 1 heterocycles. The van der Waals surface area contributed by atoms with Crippen molar-refractivity contribution in [2.45, 2.75) is 32.7 Å². The van der Waals surface area contributed by atoms with Gasteiger partial charge in [0.1, 0.15) is 0 Å². The van der Waals surface area contributed by atoms with Crippen LogP contribution in [0.15, 0.2) is 11.1 Å². The summed E-state index contributed by atoms with van der Waals surface area (Å²) in [5, 5.41) is 3.33. The average molecular weight is 237 g/mol. The van der Waals surface area contributed by atoms with Gasteiger partial charge in [-0.2, -0.15) is 0 Å². The summed E-state index contributed by atoms with van der Waals surface area (Å²) in [5.41, 5.74) is -0.247. The van der Waals surface area contributed by atoms with E-state index in [1.807, 2.05) is 0 Å². The lowest BCUT2D eigenvalue weighted by atomic mass is 9.98. The van der Waals surface area contributed by atoms with Gasteiger partial charge in [-0.05, 0) is 24.7 Å². The molecular formula is C12H19N3O2. The minimum atomic E-state index is -0.247. The van der Waals surface area contributed by atoms with Crippen molar-refractivity contribution >= 4 is 5.82 Å². The zero-order chi connectivity index (χ0) is 12.4. The van der Waals surface area contributed by atoms with E-state index in [1.54, 1.807) is 0 Å². The van der Waals surface area contributed by atoms with Crippen molar-refractivity contribution in [2.24, 2.45) is 11.8 Å². The predicted molar refractivity (Wildman–Crippen MR) is 66.4 cm³/mol. The van der Waals surface area contributed by atoms with Gasteiger partial charge in [-0.15, -0.1) is 0 Å². The number of ether oxygens (including phenoxy) is 1. The highest BCUT2D eigenvalue weighted by Gasteiger charge is 2.30. The van der Waals surface area contributed by atoms with E-state index in [9.17, 15) is 4.79 Å². The van der Waals surface area contributed by atoms with Crippen LogP contribution in [0.25, 0.3) is 0 Å². The Labute approximate surface area is 101 Å². The first kappa shape index (κ1) is 12.0. The molecule has 2 rings (SSSR count). The lowest BCUT2D eigenvalue weighted by Gasteiger charge is -2.20. The molecule has 0 aliphatic heterocycles. The molecule has 0 amide bonds. The summed E-state index contributed by atoms with van der Waals surface area (Å²) in [7, 11) is 1.48. The quantitative estimate of drug-likeness (QED) is 0.838. The van der Waals surface area contributed by atoms with Crippen LogP contribution in [-0.4, -0.2) is 23.1 Å². The molecule has 17 heavy (non-hydrogen) atoms. The Balaban J connectivity index is 2.19. The maximum atomic E-state index is 11.5. The number of hydrogen-bond acceptors (Lipinski definition) is 4. The van der Waals surface area contributed by atoms with Crippen molar-refractivity contribution in [3.05, 3.63) is 16.7 Å². The van der Waals surface area contributed by atoms with Crippen LogP contribution in [0.5, 0.6) is 5.75 Å². The normalized spacial score (nSPS) is 28.1. The van der Waals surface area contributed by atoms with Gasteiger partial charge in [0.05, 0.1) is 13.4 Å². The topological polar surface area (TPSA) is 67.0 Å². The Hall–Kier alpha value is -1.52. The summed E-state index contributed by atoms with van der Waals surface area (Å²) in [6.45, 7) is 4.49. The van der Waals surface area contributed by atoms with Gasteiger partial charge >= 0.3 is 0 Å². The Morgan fingerprint density at radius 1 is 1.47 bits per heavy atom. The molecule has 1 aliphatic rings. The molecule has 1 aromatic heterocycles. The molecule has 1 saturated carbocycles. The fraction of sp³-hybridized carbons (Fsp3) is 0.667. The van der Waals surface area contributed by atoms with Crippen LogP contribution in [-0.2, 0) is 0 Å². The minimum absolute atomic E-state index is 0.247. The van der Waals surface area contributed by atoms with Crippen molar-refractivity contribution in [2.75, 3.05) is 12.4 Å². The van der Waals surface area contributed by atoms with Crippen LogP contribution in [0.4, 0.5) is 5.82 Å². The SMILES string of the molecule is COc1c(NC2CCC(C)C2C)nc[nH]c1=O. The second-order valence-electron chi connectivity index (χ2n) is 4.78. The molecule has 1 fully saturated rings. The summed E-state index contributed by atoms with van der Waals surface area (Å²) < 4.78 is 5.08. The highest BCUT2D eigenvalue weighted by molar-refractivity contribution is 5.48. The van der Waals surface area contributed by atoms with Gasteiger partial charge in [-0.3, -0.25) is 4.79 Å². The third-order valence-electron chi connectivity index (χ3n) is 3.80. The van der Waals surface area contributed by atoms with E-state index in [2.05, 4.69) is 29.1 Å². The van der Waals surface area contributed by atoms with Gasteiger partial charge in [0.25, 0.3) is 5.56 Å². The standard InChI is InChI=1S/C12H19N3O2/c1-7-4-5-9(8(7)2)15-11-10(17-3)12(16)14-6-13-11/h6-9H,4-5H2,1-3H3,(H2,13,14,15,16). The van der Waals surface area contributed by atoms with E-state index < -0.39 is 0 Å². The van der Waals surface area contributed by atoms with Crippen molar-refractivity contribution in [1.29, 1.82) is 0 Å². The lowest BCUT2D eigenvalue weighted by molar-refractivity contribution is 0.403. The molecule has 1 aliphatic carbocycles. The van der Waals surface area contributed by atoms with E-state index in [0.717, 1.165) is 6.42 Å². The summed E-state index contributed by atoms with van der Waals surface area (Å²) in [6.07, 6.45) is 3.72. The Kier molecular flexibility index (Phi) is 3.36. The van der Waals surface area contributed by atoms with Gasteiger partial charge in [0.2, 0.25) is 5.75 Å². The van der Waals surface area contributed by atoms with Crippen molar-refractivity contribution in [1.82, 2.24) is 9.97 Å². The van der Waals surface area contributed by atoms with Gasteiger partial charge in [-0.25, -0.2) is 4.98 Å². The Morgan fingerprint density at radius 3 is 2.82 bits per heavy atom. The fourth-order valence-electron chi connectivity index (χ4n) is 2.42. The second kappa shape index (κ2) is 4.77. The fourth-order valence-corrected chi connectivity index (χ4v) is 2.42. The van der Waals surface area contributed by atoms with Gasteiger partial charge in [0, 0.05) is 6.04 Å². The monoisotopic (exact) mass is 237 g/mol. The van der Waals surface area contributed by atoms with Crippen LogP contribution < -0.4 is 15.6 Å². The van der Waals surface area contributed by atoms with E-state index in [4.69, 9.17) is 4.74 Å². The molecule has 3 atom stereocenters. The molecule has 1 aromatic rings. The zero-order valence-corrected chi connectivity index (χ0v) is 10.5. The van der Waals surface area contributed by atoms with Crippen LogP contribution in [0.1, 0.15) is 26.7 Å². The largest absolute Gasteiger partial charge is 0.489 e. The van der Waals surface area contributed by atoms with Crippen molar-refractivity contribution < 1.29 is 4.74 Å². The van der Waals surface area contributed by atoms with Gasteiger partial charge in [0.15, 0.2) is 5.82 Å². The Morgan fingerprint density at radius 2 is 2.24 bits per heavy atom. The molecule has 0 saturated heterocycles. The minimum Gasteiger partial charge on any atom is -0.489 e. The first-order valence-electron chi connectivity index (χ1n) is 6.01. The van der Waals surface area contributed by atoms with Crippen LogP contribution in [0.3, 0.4) is 0 Å². The van der Waals surface area contributed by atoms with E-state index in [0.29, 0.717) is 23.7 Å². The number of nitrogens with zero attached hydrogens (tertiary/aromatic N) is 1. The maximum absolute atomic E-state index is 11.5. The van der Waals surface area contributed by atoms with Crippen LogP contribution in [0.2, 0.25) is 0 Å². The van der Waals surface area contributed by atoms with Gasteiger partial charge in [-0.1, -0.05) is 13.8 Å². The summed E-state index contributed by atoms with van der Waals surface area (Å²) in [6, 6.07) is 0.369. The number of anilines is 1. The molecule has 2 N–H and O–H groups in total. The van der Waals surface area contributed by atoms with Crippen molar-refractivity contribution in [3.8, 4) is 5.75 Å². The summed E-state index contributed by atoms with van der Waals surface area (Å²) in [5.74, 6) is 2.10. The molecule has 0 bridgehead atoms.